The second-order valence-electron chi connectivity index (χ2n) is 6.29. The highest BCUT2D eigenvalue weighted by molar-refractivity contribution is 8.18. The van der Waals surface area contributed by atoms with E-state index in [0.29, 0.717) is 5.56 Å². The van der Waals surface area contributed by atoms with Crippen molar-refractivity contribution in [3.63, 3.8) is 0 Å². The average molecular weight is 420 g/mol. The third-order valence-corrected chi connectivity index (χ3v) is 5.12. The molecule has 1 aromatic carbocycles. The van der Waals surface area contributed by atoms with Gasteiger partial charge in [-0.3, -0.25) is 29.4 Å². The molecule has 152 valence electrons. The molecule has 2 saturated heterocycles. The Labute approximate surface area is 169 Å². The van der Waals surface area contributed by atoms with Crippen LogP contribution in [0.4, 0.5) is 14.0 Å². The van der Waals surface area contributed by atoms with Crippen LogP contribution in [0.2, 0.25) is 0 Å². The number of halogens is 1. The second kappa shape index (κ2) is 8.86. The fourth-order valence-electron chi connectivity index (χ4n) is 2.74. The van der Waals surface area contributed by atoms with Gasteiger partial charge in [-0.25, -0.2) is 9.18 Å². The van der Waals surface area contributed by atoms with Crippen LogP contribution in [-0.2, 0) is 14.4 Å². The van der Waals surface area contributed by atoms with E-state index in [1.807, 2.05) is 0 Å². The first kappa shape index (κ1) is 20.5. The Bertz CT molecular complexity index is 902. The molecular weight excluding hydrogens is 403 g/mol. The summed E-state index contributed by atoms with van der Waals surface area (Å²) in [5.74, 6) is -1.73. The molecule has 11 heteroatoms. The minimum absolute atomic E-state index is 0.00217. The third-order valence-electron chi connectivity index (χ3n) is 4.22. The number of nitrogens with one attached hydrogen (secondary N) is 3. The minimum Gasteiger partial charge on any atom is -0.354 e. The fraction of sp³-hybridized carbons (Fsp3) is 0.278. The van der Waals surface area contributed by atoms with Gasteiger partial charge in [-0.2, -0.15) is 0 Å². The number of benzene rings is 1. The van der Waals surface area contributed by atoms with Crippen LogP contribution in [0, 0.1) is 5.82 Å². The summed E-state index contributed by atoms with van der Waals surface area (Å²) in [6.45, 7) is 0.0573. The lowest BCUT2D eigenvalue weighted by molar-refractivity contribution is -0.124. The zero-order chi connectivity index (χ0) is 21.0. The molecule has 1 aromatic rings. The SMILES string of the molecule is O=C(CCC1NC(=O)NC1=O)NCCN1C(=O)S/C(=C\c2ccc(F)cc2)C1=O. The summed E-state index contributed by atoms with van der Waals surface area (Å²) < 4.78 is 13.0. The summed E-state index contributed by atoms with van der Waals surface area (Å²) in [5, 5.41) is 6.58. The number of amides is 6. The highest BCUT2D eigenvalue weighted by atomic mass is 32.2. The maximum Gasteiger partial charge on any atom is 0.322 e. The van der Waals surface area contributed by atoms with Crippen LogP contribution >= 0.6 is 11.8 Å². The van der Waals surface area contributed by atoms with Crippen LogP contribution in [0.1, 0.15) is 18.4 Å². The molecule has 0 radical (unpaired) electrons. The number of thioether (sulfide) groups is 1. The number of carbonyl (C=O) groups excluding carboxylic acids is 5. The van der Waals surface area contributed by atoms with E-state index in [1.165, 1.54) is 30.3 Å². The van der Waals surface area contributed by atoms with Crippen molar-refractivity contribution in [2.75, 3.05) is 13.1 Å². The maximum absolute atomic E-state index is 13.0. The van der Waals surface area contributed by atoms with E-state index in [2.05, 4.69) is 16.0 Å². The molecule has 0 saturated carbocycles. The smallest absolute Gasteiger partial charge is 0.322 e. The Morgan fingerprint density at radius 2 is 1.93 bits per heavy atom. The van der Waals surface area contributed by atoms with Crippen molar-refractivity contribution in [1.29, 1.82) is 0 Å². The Balaban J connectivity index is 1.45. The van der Waals surface area contributed by atoms with Gasteiger partial charge in [0.25, 0.3) is 17.1 Å². The van der Waals surface area contributed by atoms with Gasteiger partial charge in [0, 0.05) is 19.5 Å². The molecule has 0 spiro atoms. The molecule has 0 aliphatic carbocycles. The van der Waals surface area contributed by atoms with Gasteiger partial charge in [0.15, 0.2) is 0 Å². The van der Waals surface area contributed by atoms with Crippen LogP contribution in [-0.4, -0.2) is 53.0 Å². The minimum atomic E-state index is -0.745. The standard InChI is InChI=1S/C18H17FN4O5S/c19-11-3-1-10(2-4-11)9-13-16(26)23(18(28)29-13)8-7-20-14(24)6-5-12-15(25)22-17(27)21-12/h1-4,9,12H,5-8H2,(H,20,24)(H2,21,22,25,27)/b13-9-. The summed E-state index contributed by atoms with van der Waals surface area (Å²) in [6, 6.07) is 4.17. The Morgan fingerprint density at radius 3 is 2.59 bits per heavy atom. The molecule has 29 heavy (non-hydrogen) atoms. The van der Waals surface area contributed by atoms with Gasteiger partial charge in [0.05, 0.1) is 4.91 Å². The summed E-state index contributed by atoms with van der Waals surface area (Å²) in [7, 11) is 0. The monoisotopic (exact) mass is 420 g/mol. The van der Waals surface area contributed by atoms with Gasteiger partial charge >= 0.3 is 6.03 Å². The summed E-state index contributed by atoms with van der Waals surface area (Å²) >= 11 is 0.775. The number of hydrogen-bond acceptors (Lipinski definition) is 6. The number of urea groups is 1. The average Bonchev–Trinajstić information content (AvgIpc) is 3.13. The van der Waals surface area contributed by atoms with E-state index in [9.17, 15) is 28.4 Å². The quantitative estimate of drug-likeness (QED) is 0.446. The highest BCUT2D eigenvalue weighted by Crippen LogP contribution is 2.31. The largest absolute Gasteiger partial charge is 0.354 e. The van der Waals surface area contributed by atoms with Crippen molar-refractivity contribution >= 4 is 46.8 Å². The lowest BCUT2D eigenvalue weighted by atomic mass is 10.1. The number of hydrogen-bond donors (Lipinski definition) is 3. The molecule has 3 rings (SSSR count). The third kappa shape index (κ3) is 5.19. The highest BCUT2D eigenvalue weighted by Gasteiger charge is 2.34. The first-order chi connectivity index (χ1) is 13.8. The predicted octanol–water partition coefficient (Wildman–Crippen LogP) is 0.966. The number of imide groups is 2. The van der Waals surface area contributed by atoms with Crippen LogP contribution in [0.3, 0.4) is 0 Å². The summed E-state index contributed by atoms with van der Waals surface area (Å²) in [6.07, 6.45) is 1.65. The molecule has 2 fully saturated rings. The molecule has 2 heterocycles. The normalized spacial score (nSPS) is 20.2. The molecule has 0 aromatic heterocycles. The molecule has 9 nitrogen and oxygen atoms in total. The van der Waals surface area contributed by atoms with E-state index >= 15 is 0 Å². The van der Waals surface area contributed by atoms with Gasteiger partial charge in [-0.15, -0.1) is 0 Å². The van der Waals surface area contributed by atoms with Crippen LogP contribution < -0.4 is 16.0 Å². The zero-order valence-electron chi connectivity index (χ0n) is 15.1. The molecule has 2 aliphatic rings. The molecule has 6 amide bonds. The number of nitrogens with zero attached hydrogens (tertiary/aromatic N) is 1. The van der Waals surface area contributed by atoms with Crippen LogP contribution in [0.15, 0.2) is 29.2 Å². The maximum atomic E-state index is 13.0. The summed E-state index contributed by atoms with van der Waals surface area (Å²) in [5.41, 5.74) is 0.591. The second-order valence-corrected chi connectivity index (χ2v) is 7.28. The molecule has 1 unspecified atom stereocenters. The van der Waals surface area contributed by atoms with E-state index < -0.39 is 34.9 Å². The number of rotatable bonds is 7. The van der Waals surface area contributed by atoms with Gasteiger partial charge in [-0.1, -0.05) is 12.1 Å². The van der Waals surface area contributed by atoms with Gasteiger partial charge in [-0.05, 0) is 42.0 Å². The molecular formula is C18H17FN4O5S. The first-order valence-electron chi connectivity index (χ1n) is 8.72. The summed E-state index contributed by atoms with van der Waals surface area (Å²) in [4.78, 5) is 59.9. The molecule has 3 N–H and O–H groups in total. The topological polar surface area (TPSA) is 125 Å². The Kier molecular flexibility index (Phi) is 6.27. The fourth-order valence-corrected chi connectivity index (χ4v) is 3.60. The zero-order valence-corrected chi connectivity index (χ0v) is 15.9. The van der Waals surface area contributed by atoms with Gasteiger partial charge < -0.3 is 10.6 Å². The van der Waals surface area contributed by atoms with Crippen molar-refractivity contribution < 1.29 is 28.4 Å². The Hall–Kier alpha value is -3.21. The molecule has 0 bridgehead atoms. The van der Waals surface area contributed by atoms with E-state index in [-0.39, 0.29) is 36.7 Å². The molecule has 2 aliphatic heterocycles. The van der Waals surface area contributed by atoms with Crippen molar-refractivity contribution in [2.24, 2.45) is 0 Å². The van der Waals surface area contributed by atoms with Gasteiger partial charge in [0.2, 0.25) is 5.91 Å². The number of carbonyl (C=O) groups is 5. The predicted molar refractivity (Wildman–Crippen MR) is 102 cm³/mol. The first-order valence-corrected chi connectivity index (χ1v) is 9.54. The van der Waals surface area contributed by atoms with E-state index in [4.69, 9.17) is 0 Å². The van der Waals surface area contributed by atoms with Crippen molar-refractivity contribution in [3.8, 4) is 0 Å². The van der Waals surface area contributed by atoms with E-state index in [0.717, 1.165) is 16.7 Å². The van der Waals surface area contributed by atoms with Gasteiger partial charge in [0.1, 0.15) is 11.9 Å². The van der Waals surface area contributed by atoms with Crippen LogP contribution in [0.5, 0.6) is 0 Å². The van der Waals surface area contributed by atoms with Crippen LogP contribution in [0.25, 0.3) is 6.08 Å². The van der Waals surface area contributed by atoms with Crippen molar-refractivity contribution in [2.45, 2.75) is 18.9 Å². The van der Waals surface area contributed by atoms with E-state index in [1.54, 1.807) is 0 Å². The van der Waals surface area contributed by atoms with Crippen molar-refractivity contribution in [1.82, 2.24) is 20.9 Å². The van der Waals surface area contributed by atoms with Crippen molar-refractivity contribution in [3.05, 3.63) is 40.6 Å². The lowest BCUT2D eigenvalue weighted by Crippen LogP contribution is -2.38. The molecule has 1 atom stereocenters. The lowest BCUT2D eigenvalue weighted by Gasteiger charge is -2.13. The Morgan fingerprint density at radius 1 is 1.21 bits per heavy atom.